The molecule has 1 aliphatic carbocycles. The Bertz CT molecular complexity index is 2250. The summed E-state index contributed by atoms with van der Waals surface area (Å²) in [5, 5.41) is 5.25. The minimum atomic E-state index is -0.417. The molecule has 0 radical (unpaired) electrons. The quantitative estimate of drug-likeness (QED) is 0.205. The van der Waals surface area contributed by atoms with Crippen molar-refractivity contribution in [2.24, 2.45) is 0 Å². The number of hydrogen-bond acceptors (Lipinski definition) is 1. The maximum atomic E-state index is 2.44. The van der Waals surface area contributed by atoms with Crippen molar-refractivity contribution in [3.8, 4) is 22.3 Å². The molecule has 0 spiro atoms. The van der Waals surface area contributed by atoms with Gasteiger partial charge in [-0.25, -0.2) is 0 Å². The Morgan fingerprint density at radius 1 is 0.405 bits per heavy atom. The summed E-state index contributed by atoms with van der Waals surface area (Å²) in [6, 6.07) is 58.6. The van der Waals surface area contributed by atoms with Crippen LogP contribution in [0.15, 0.2) is 158 Å². The topological polar surface area (TPSA) is 0 Å². The predicted octanol–water partition coefficient (Wildman–Crippen LogP) is 11.2. The van der Waals surface area contributed by atoms with Crippen LogP contribution in [0, 0.1) is 0 Å². The van der Waals surface area contributed by atoms with Crippen LogP contribution < -0.4 is 0 Å². The molecule has 0 fully saturated rings. The lowest BCUT2D eigenvalue weighted by Crippen LogP contribution is -2.28. The molecule has 1 aromatic heterocycles. The third-order valence-corrected chi connectivity index (χ3v) is 10.3. The van der Waals surface area contributed by atoms with Crippen molar-refractivity contribution in [1.82, 2.24) is 0 Å². The molecule has 1 heteroatoms. The molecule has 0 bridgehead atoms. The van der Waals surface area contributed by atoms with Gasteiger partial charge in [0.2, 0.25) is 0 Å². The zero-order valence-electron chi connectivity index (χ0n) is 22.9. The number of fused-ring (bicyclic) bond motifs is 8. The summed E-state index contributed by atoms with van der Waals surface area (Å²) in [5.74, 6) is 0. The molecule has 0 amide bonds. The Hall–Kier alpha value is -4.98. The summed E-state index contributed by atoms with van der Waals surface area (Å²) in [6.45, 7) is 0. The van der Waals surface area contributed by atoms with Crippen molar-refractivity contribution in [2.75, 3.05) is 0 Å². The number of rotatable bonds is 3. The van der Waals surface area contributed by atoms with Crippen molar-refractivity contribution in [1.29, 1.82) is 0 Å². The first-order valence-corrected chi connectivity index (χ1v) is 15.3. The van der Waals surface area contributed by atoms with Gasteiger partial charge >= 0.3 is 0 Å². The molecule has 1 heterocycles. The van der Waals surface area contributed by atoms with Crippen LogP contribution >= 0.6 is 11.3 Å². The Balaban J connectivity index is 1.37. The highest BCUT2D eigenvalue weighted by molar-refractivity contribution is 7.25. The van der Waals surface area contributed by atoms with Crippen molar-refractivity contribution in [3.63, 3.8) is 0 Å². The average molecular weight is 551 g/mol. The van der Waals surface area contributed by atoms with Crippen LogP contribution in [0.25, 0.3) is 53.2 Å². The molecule has 0 N–H and O–H groups in total. The smallest absolute Gasteiger partial charge is 0.0719 e. The normalized spacial score (nSPS) is 13.4. The van der Waals surface area contributed by atoms with E-state index in [9.17, 15) is 0 Å². The van der Waals surface area contributed by atoms with Crippen LogP contribution in [0.1, 0.15) is 22.3 Å². The standard InChI is InChI=1S/C41H26S/c1-3-11-30(12-4-1)41(31-13-5-2-6-14-31)37-17-9-7-15-32(37)34-23-21-27-19-20-28(25-35(27)40(34)41)29-22-24-39-36(26-29)33-16-8-10-18-38(33)42-39/h1-26H. The maximum Gasteiger partial charge on any atom is 0.0719 e. The summed E-state index contributed by atoms with van der Waals surface area (Å²) < 4.78 is 2.68. The van der Waals surface area contributed by atoms with Gasteiger partial charge in [-0.05, 0) is 79.5 Å². The Morgan fingerprint density at radius 2 is 1.00 bits per heavy atom. The van der Waals surface area contributed by atoms with Gasteiger partial charge in [-0.15, -0.1) is 11.3 Å². The monoisotopic (exact) mass is 550 g/mol. The average Bonchev–Trinajstić information content (AvgIpc) is 3.59. The maximum absolute atomic E-state index is 2.44. The zero-order chi connectivity index (χ0) is 27.7. The lowest BCUT2D eigenvalue weighted by atomic mass is 9.66. The SMILES string of the molecule is c1ccc(C2(c3ccccc3)c3ccccc3-c3ccc4ccc(-c5ccc6sc7ccccc7c6c5)cc4c32)cc1. The molecule has 0 unspecified atom stereocenters. The van der Waals surface area contributed by atoms with Gasteiger partial charge in [-0.2, -0.15) is 0 Å². The Kier molecular flexibility index (Phi) is 5.08. The highest BCUT2D eigenvalue weighted by atomic mass is 32.1. The second-order valence-corrected chi connectivity index (χ2v) is 12.3. The van der Waals surface area contributed by atoms with E-state index in [1.54, 1.807) is 0 Å². The van der Waals surface area contributed by atoms with Gasteiger partial charge in [0.05, 0.1) is 5.41 Å². The van der Waals surface area contributed by atoms with Crippen LogP contribution in [0.4, 0.5) is 0 Å². The summed E-state index contributed by atoms with van der Waals surface area (Å²) in [6.07, 6.45) is 0. The fourth-order valence-corrected chi connectivity index (χ4v) is 8.44. The van der Waals surface area contributed by atoms with Crippen molar-refractivity contribution in [3.05, 3.63) is 180 Å². The molecule has 0 atom stereocenters. The number of hydrogen-bond donors (Lipinski definition) is 0. The molecule has 0 aliphatic heterocycles. The third kappa shape index (κ3) is 3.23. The molecular formula is C41H26S. The highest BCUT2D eigenvalue weighted by Crippen LogP contribution is 2.58. The molecule has 9 rings (SSSR count). The first-order chi connectivity index (χ1) is 20.8. The number of thiophene rings is 1. The minimum Gasteiger partial charge on any atom is -0.135 e. The van der Waals surface area contributed by atoms with Gasteiger partial charge in [-0.1, -0.05) is 133 Å². The Labute approximate surface area is 249 Å². The molecule has 7 aromatic carbocycles. The molecule has 196 valence electrons. The van der Waals surface area contributed by atoms with E-state index in [4.69, 9.17) is 0 Å². The van der Waals surface area contributed by atoms with Gasteiger partial charge in [0, 0.05) is 20.2 Å². The Morgan fingerprint density at radius 3 is 1.79 bits per heavy atom. The van der Waals surface area contributed by atoms with E-state index in [1.165, 1.54) is 75.5 Å². The summed E-state index contributed by atoms with van der Waals surface area (Å²) >= 11 is 1.87. The van der Waals surface area contributed by atoms with E-state index < -0.39 is 5.41 Å². The first kappa shape index (κ1) is 23.7. The fraction of sp³-hybridized carbons (Fsp3) is 0.0244. The van der Waals surface area contributed by atoms with E-state index in [-0.39, 0.29) is 0 Å². The van der Waals surface area contributed by atoms with E-state index in [0.29, 0.717) is 0 Å². The molecule has 0 saturated heterocycles. The van der Waals surface area contributed by atoms with E-state index >= 15 is 0 Å². The van der Waals surface area contributed by atoms with Crippen LogP contribution in [0.5, 0.6) is 0 Å². The first-order valence-electron chi connectivity index (χ1n) is 14.5. The highest BCUT2D eigenvalue weighted by Gasteiger charge is 2.46. The molecule has 8 aromatic rings. The summed E-state index contributed by atoms with van der Waals surface area (Å²) in [4.78, 5) is 0. The van der Waals surface area contributed by atoms with Crippen LogP contribution in [0.2, 0.25) is 0 Å². The second kappa shape index (κ2) is 9.01. The van der Waals surface area contributed by atoms with Crippen LogP contribution in [0.3, 0.4) is 0 Å². The molecular weight excluding hydrogens is 525 g/mol. The van der Waals surface area contributed by atoms with Gasteiger partial charge in [0.25, 0.3) is 0 Å². The number of benzene rings is 7. The largest absolute Gasteiger partial charge is 0.135 e. The second-order valence-electron chi connectivity index (χ2n) is 11.3. The third-order valence-electron chi connectivity index (χ3n) is 9.14. The van der Waals surface area contributed by atoms with E-state index in [2.05, 4.69) is 158 Å². The lowest BCUT2D eigenvalue weighted by molar-refractivity contribution is 0.775. The molecule has 0 nitrogen and oxygen atoms in total. The van der Waals surface area contributed by atoms with Crippen molar-refractivity contribution in [2.45, 2.75) is 5.41 Å². The lowest BCUT2D eigenvalue weighted by Gasteiger charge is -2.34. The van der Waals surface area contributed by atoms with Gasteiger partial charge < -0.3 is 0 Å². The van der Waals surface area contributed by atoms with Crippen molar-refractivity contribution < 1.29 is 0 Å². The predicted molar refractivity (Wildman–Crippen MR) is 180 cm³/mol. The minimum absolute atomic E-state index is 0.417. The summed E-state index contributed by atoms with van der Waals surface area (Å²) in [7, 11) is 0. The van der Waals surface area contributed by atoms with Gasteiger partial charge in [0.1, 0.15) is 0 Å². The molecule has 0 saturated carbocycles. The zero-order valence-corrected chi connectivity index (χ0v) is 23.7. The van der Waals surface area contributed by atoms with Crippen LogP contribution in [-0.2, 0) is 5.41 Å². The van der Waals surface area contributed by atoms with Gasteiger partial charge in [0.15, 0.2) is 0 Å². The summed E-state index contributed by atoms with van der Waals surface area (Å²) in [5.41, 5.74) is 10.0. The van der Waals surface area contributed by atoms with Crippen molar-refractivity contribution >= 4 is 42.3 Å². The van der Waals surface area contributed by atoms with E-state index in [0.717, 1.165) is 0 Å². The van der Waals surface area contributed by atoms with Crippen LogP contribution in [-0.4, -0.2) is 0 Å². The van der Waals surface area contributed by atoms with E-state index in [1.807, 2.05) is 11.3 Å². The molecule has 42 heavy (non-hydrogen) atoms. The fourth-order valence-electron chi connectivity index (χ4n) is 7.36. The van der Waals surface area contributed by atoms with Gasteiger partial charge in [-0.3, -0.25) is 0 Å². The molecule has 1 aliphatic rings.